The summed E-state index contributed by atoms with van der Waals surface area (Å²) in [6.07, 6.45) is 5.84. The standard InChI is InChI=1S/C22H17ClN4O2/c23-16-5-3-14(4-6-16)19-10-18-21(20(26-19)15-2-1-8-24-11-15)25-13-27(22(18)28)17-7-9-29-12-17/h1-6,8,10-11,13,17H,7,9,12H2. The molecular formula is C22H17ClN4O2. The third kappa shape index (κ3) is 3.30. The van der Waals surface area contributed by atoms with Crippen LogP contribution in [0.25, 0.3) is 33.4 Å². The van der Waals surface area contributed by atoms with Gasteiger partial charge in [-0.25, -0.2) is 9.97 Å². The van der Waals surface area contributed by atoms with Crippen molar-refractivity contribution in [3.8, 4) is 22.5 Å². The molecule has 7 heteroatoms. The van der Waals surface area contributed by atoms with E-state index < -0.39 is 0 Å². The predicted octanol–water partition coefficient (Wildman–Crippen LogP) is 4.14. The van der Waals surface area contributed by atoms with Crippen LogP contribution in [0.15, 0.2) is 66.0 Å². The van der Waals surface area contributed by atoms with E-state index in [1.807, 2.05) is 36.4 Å². The summed E-state index contributed by atoms with van der Waals surface area (Å²) >= 11 is 6.04. The number of aromatic nitrogens is 4. The van der Waals surface area contributed by atoms with Crippen LogP contribution in [0.2, 0.25) is 5.02 Å². The van der Waals surface area contributed by atoms with E-state index >= 15 is 0 Å². The molecule has 0 bridgehead atoms. The molecule has 5 rings (SSSR count). The van der Waals surface area contributed by atoms with Gasteiger partial charge in [-0.3, -0.25) is 14.3 Å². The molecule has 4 heterocycles. The van der Waals surface area contributed by atoms with E-state index in [0.29, 0.717) is 40.5 Å². The molecule has 3 aromatic heterocycles. The lowest BCUT2D eigenvalue weighted by molar-refractivity contribution is 0.186. The Morgan fingerprint density at radius 2 is 2.00 bits per heavy atom. The van der Waals surface area contributed by atoms with Crippen molar-refractivity contribution in [3.05, 3.63) is 76.6 Å². The molecule has 1 unspecified atom stereocenters. The van der Waals surface area contributed by atoms with Crippen LogP contribution in [0, 0.1) is 0 Å². The Hall–Kier alpha value is -3.09. The van der Waals surface area contributed by atoms with Gasteiger partial charge >= 0.3 is 0 Å². The second-order valence-electron chi connectivity index (χ2n) is 6.98. The van der Waals surface area contributed by atoms with Gasteiger partial charge < -0.3 is 4.74 Å². The molecule has 0 amide bonds. The smallest absolute Gasteiger partial charge is 0.261 e. The molecule has 0 radical (unpaired) electrons. The van der Waals surface area contributed by atoms with Crippen molar-refractivity contribution in [3.63, 3.8) is 0 Å². The summed E-state index contributed by atoms with van der Waals surface area (Å²) in [4.78, 5) is 27.0. The van der Waals surface area contributed by atoms with Crippen molar-refractivity contribution in [1.82, 2.24) is 19.5 Å². The zero-order valence-electron chi connectivity index (χ0n) is 15.5. The average Bonchev–Trinajstić information content (AvgIpc) is 3.29. The molecular weight excluding hydrogens is 388 g/mol. The molecule has 0 spiro atoms. The first-order valence-corrected chi connectivity index (χ1v) is 9.74. The van der Waals surface area contributed by atoms with E-state index in [4.69, 9.17) is 21.3 Å². The molecule has 144 valence electrons. The van der Waals surface area contributed by atoms with Crippen molar-refractivity contribution in [2.75, 3.05) is 13.2 Å². The number of rotatable bonds is 3. The molecule has 1 aliphatic heterocycles. The lowest BCUT2D eigenvalue weighted by atomic mass is 10.1. The van der Waals surface area contributed by atoms with Gasteiger partial charge in [0.05, 0.1) is 35.8 Å². The number of ether oxygens (including phenoxy) is 1. The number of nitrogens with zero attached hydrogens (tertiary/aromatic N) is 4. The molecule has 0 saturated carbocycles. The van der Waals surface area contributed by atoms with Gasteiger partial charge in [-0.15, -0.1) is 0 Å². The molecule has 0 N–H and O–H groups in total. The highest BCUT2D eigenvalue weighted by Gasteiger charge is 2.21. The number of halogens is 1. The Morgan fingerprint density at radius 1 is 1.14 bits per heavy atom. The molecule has 1 aliphatic rings. The highest BCUT2D eigenvalue weighted by Crippen LogP contribution is 2.29. The van der Waals surface area contributed by atoms with E-state index in [1.54, 1.807) is 29.4 Å². The zero-order valence-corrected chi connectivity index (χ0v) is 16.2. The summed E-state index contributed by atoms with van der Waals surface area (Å²) in [5.74, 6) is 0. The second-order valence-corrected chi connectivity index (χ2v) is 7.41. The molecule has 1 aromatic carbocycles. The van der Waals surface area contributed by atoms with Crippen LogP contribution in [0.1, 0.15) is 12.5 Å². The Balaban J connectivity index is 1.78. The molecule has 6 nitrogen and oxygen atoms in total. The largest absolute Gasteiger partial charge is 0.379 e. The number of hydrogen-bond acceptors (Lipinski definition) is 5. The summed E-state index contributed by atoms with van der Waals surface area (Å²) in [5.41, 5.74) is 3.48. The van der Waals surface area contributed by atoms with Gasteiger partial charge in [-0.1, -0.05) is 23.7 Å². The van der Waals surface area contributed by atoms with E-state index in [0.717, 1.165) is 17.5 Å². The Bertz CT molecular complexity index is 1230. The monoisotopic (exact) mass is 404 g/mol. The van der Waals surface area contributed by atoms with Gasteiger partial charge in [-0.05, 0) is 36.8 Å². The number of fused-ring (bicyclic) bond motifs is 1. The van der Waals surface area contributed by atoms with Crippen LogP contribution < -0.4 is 5.56 Å². The van der Waals surface area contributed by atoms with Crippen molar-refractivity contribution < 1.29 is 4.74 Å². The third-order valence-electron chi connectivity index (χ3n) is 5.14. The fourth-order valence-corrected chi connectivity index (χ4v) is 3.74. The van der Waals surface area contributed by atoms with Crippen molar-refractivity contribution >= 4 is 22.5 Å². The predicted molar refractivity (Wildman–Crippen MR) is 112 cm³/mol. The first-order chi connectivity index (χ1) is 14.2. The van der Waals surface area contributed by atoms with Gasteiger partial charge in [0.1, 0.15) is 5.52 Å². The minimum atomic E-state index is -0.0896. The Morgan fingerprint density at radius 3 is 2.72 bits per heavy atom. The third-order valence-corrected chi connectivity index (χ3v) is 5.39. The molecule has 0 aliphatic carbocycles. The van der Waals surface area contributed by atoms with Gasteiger partial charge in [0.15, 0.2) is 0 Å². The fraction of sp³-hybridized carbons (Fsp3) is 0.182. The maximum Gasteiger partial charge on any atom is 0.261 e. The molecule has 1 fully saturated rings. The van der Waals surface area contributed by atoms with Gasteiger partial charge in [-0.2, -0.15) is 0 Å². The molecule has 4 aromatic rings. The highest BCUT2D eigenvalue weighted by atomic mass is 35.5. The number of benzene rings is 1. The quantitative estimate of drug-likeness (QED) is 0.513. The Kier molecular flexibility index (Phi) is 4.58. The second kappa shape index (κ2) is 7.39. The highest BCUT2D eigenvalue weighted by molar-refractivity contribution is 6.30. The minimum absolute atomic E-state index is 0.00777. The van der Waals surface area contributed by atoms with Crippen LogP contribution in [0.5, 0.6) is 0 Å². The summed E-state index contributed by atoms with van der Waals surface area (Å²) in [6.45, 7) is 1.18. The maximum absolute atomic E-state index is 13.3. The van der Waals surface area contributed by atoms with Crippen LogP contribution in [-0.4, -0.2) is 32.7 Å². The SMILES string of the molecule is O=c1c2cc(-c3ccc(Cl)cc3)nc(-c3cccnc3)c2ncn1C1CCOC1. The number of pyridine rings is 2. The van der Waals surface area contributed by atoms with Crippen molar-refractivity contribution in [1.29, 1.82) is 0 Å². The van der Waals surface area contributed by atoms with Crippen LogP contribution in [0.3, 0.4) is 0 Å². The van der Waals surface area contributed by atoms with Crippen molar-refractivity contribution in [2.45, 2.75) is 12.5 Å². The van der Waals surface area contributed by atoms with Gasteiger partial charge in [0.2, 0.25) is 0 Å². The normalized spacial score (nSPS) is 16.4. The van der Waals surface area contributed by atoms with E-state index in [9.17, 15) is 4.79 Å². The molecule has 1 atom stereocenters. The average molecular weight is 405 g/mol. The van der Waals surface area contributed by atoms with Gasteiger partial charge in [0, 0.05) is 35.2 Å². The lowest BCUT2D eigenvalue weighted by Gasteiger charge is -2.14. The van der Waals surface area contributed by atoms with E-state index in [2.05, 4.69) is 9.97 Å². The lowest BCUT2D eigenvalue weighted by Crippen LogP contribution is -2.25. The first-order valence-electron chi connectivity index (χ1n) is 9.37. The van der Waals surface area contributed by atoms with E-state index in [-0.39, 0.29) is 11.6 Å². The Labute approximate surface area is 171 Å². The molecule has 29 heavy (non-hydrogen) atoms. The topological polar surface area (TPSA) is 69.9 Å². The van der Waals surface area contributed by atoms with Crippen LogP contribution in [-0.2, 0) is 4.74 Å². The summed E-state index contributed by atoms with van der Waals surface area (Å²) in [5, 5.41) is 1.17. The van der Waals surface area contributed by atoms with Crippen molar-refractivity contribution in [2.24, 2.45) is 0 Å². The van der Waals surface area contributed by atoms with Gasteiger partial charge in [0.25, 0.3) is 5.56 Å². The summed E-state index contributed by atoms with van der Waals surface area (Å²) in [7, 11) is 0. The number of hydrogen-bond donors (Lipinski definition) is 0. The molecule has 1 saturated heterocycles. The van der Waals surface area contributed by atoms with E-state index in [1.165, 1.54) is 0 Å². The first kappa shape index (κ1) is 18.0. The zero-order chi connectivity index (χ0) is 19.8. The summed E-state index contributed by atoms with van der Waals surface area (Å²) < 4.78 is 7.13. The maximum atomic E-state index is 13.3. The van der Waals surface area contributed by atoms with Crippen LogP contribution in [0.4, 0.5) is 0 Å². The fourth-order valence-electron chi connectivity index (χ4n) is 3.62. The minimum Gasteiger partial charge on any atom is -0.379 e. The summed E-state index contributed by atoms with van der Waals surface area (Å²) in [6, 6.07) is 13.0. The van der Waals surface area contributed by atoms with Crippen LogP contribution >= 0.6 is 11.6 Å².